The molecule has 0 spiro atoms. The number of hydrogen-bond donors (Lipinski definition) is 0. The van der Waals surface area contributed by atoms with E-state index in [0.29, 0.717) is 44.2 Å². The Labute approximate surface area is 299 Å². The number of benzene rings is 6. The first-order chi connectivity index (χ1) is 25.3. The van der Waals surface area contributed by atoms with Crippen LogP contribution >= 0.6 is 0 Å². The summed E-state index contributed by atoms with van der Waals surface area (Å²) in [6, 6.07) is 32.4. The molecule has 0 N–H and O–H groups in total. The molecule has 0 aliphatic carbocycles. The number of carbonyl (C=O) groups is 4. The summed E-state index contributed by atoms with van der Waals surface area (Å²) in [5, 5.41) is 2.97. The van der Waals surface area contributed by atoms with E-state index in [2.05, 4.69) is 0 Å². The van der Waals surface area contributed by atoms with Crippen LogP contribution in [0, 0.1) is 0 Å². The second kappa shape index (κ2) is 14.6. The molecule has 1 aliphatic heterocycles. The van der Waals surface area contributed by atoms with E-state index in [9.17, 15) is 19.2 Å². The van der Waals surface area contributed by atoms with Crippen LogP contribution in [0.3, 0.4) is 0 Å². The molecule has 7 rings (SSSR count). The van der Waals surface area contributed by atoms with E-state index in [4.69, 9.17) is 18.9 Å². The summed E-state index contributed by atoms with van der Waals surface area (Å²) in [4.78, 5) is 52.1. The van der Waals surface area contributed by atoms with Gasteiger partial charge in [-0.25, -0.2) is 19.2 Å². The van der Waals surface area contributed by atoms with Crippen molar-refractivity contribution in [2.45, 2.75) is 13.8 Å². The Morgan fingerprint density at radius 3 is 1.63 bits per heavy atom. The number of fused-ring (bicyclic) bond motifs is 11. The maximum Gasteiger partial charge on any atom is 0.344 e. The lowest BCUT2D eigenvalue weighted by Gasteiger charge is -2.19. The zero-order valence-corrected chi connectivity index (χ0v) is 28.4. The monoisotopic (exact) mass is 688 g/mol. The molecule has 2 bridgehead atoms. The number of ether oxygens (including phenoxy) is 4. The van der Waals surface area contributed by atoms with Gasteiger partial charge in [-0.15, -0.1) is 0 Å². The second-order valence-electron chi connectivity index (χ2n) is 11.9. The molecule has 52 heavy (non-hydrogen) atoms. The van der Waals surface area contributed by atoms with Gasteiger partial charge >= 0.3 is 23.9 Å². The van der Waals surface area contributed by atoms with Crippen LogP contribution in [0.15, 0.2) is 121 Å². The number of carbonyl (C=O) groups excluding carboxylic acids is 4. The molecule has 1 heterocycles. The second-order valence-corrected chi connectivity index (χ2v) is 11.9. The molecule has 8 heteroatoms. The Kier molecular flexibility index (Phi) is 9.45. The Hall–Kier alpha value is -6.80. The van der Waals surface area contributed by atoms with Crippen LogP contribution in [0.2, 0.25) is 0 Å². The van der Waals surface area contributed by atoms with Gasteiger partial charge in [0.25, 0.3) is 0 Å². The van der Waals surface area contributed by atoms with Crippen molar-refractivity contribution in [3.8, 4) is 33.8 Å². The summed E-state index contributed by atoms with van der Waals surface area (Å²) in [5.74, 6) is -1.54. The number of esters is 4. The van der Waals surface area contributed by atoms with Gasteiger partial charge in [0.2, 0.25) is 0 Å². The van der Waals surface area contributed by atoms with Gasteiger partial charge in [-0.05, 0) is 112 Å². The molecule has 1 aliphatic rings. The average Bonchev–Trinajstić information content (AvgIpc) is 3.16. The van der Waals surface area contributed by atoms with E-state index in [0.717, 1.165) is 21.9 Å². The fourth-order valence-electron chi connectivity index (χ4n) is 6.30. The van der Waals surface area contributed by atoms with Gasteiger partial charge < -0.3 is 18.9 Å². The Balaban J connectivity index is 1.49. The lowest BCUT2D eigenvalue weighted by atomic mass is 9.91. The molecular formula is C44H32O8. The van der Waals surface area contributed by atoms with Crippen molar-refractivity contribution in [2.75, 3.05) is 13.2 Å². The van der Waals surface area contributed by atoms with Gasteiger partial charge in [0, 0.05) is 23.3 Å². The van der Waals surface area contributed by atoms with Gasteiger partial charge in [-0.2, -0.15) is 0 Å². The molecule has 0 radical (unpaired) electrons. The van der Waals surface area contributed by atoms with Crippen LogP contribution < -0.4 is 9.47 Å². The lowest BCUT2D eigenvalue weighted by Crippen LogP contribution is -2.11. The van der Waals surface area contributed by atoms with Gasteiger partial charge in [0.05, 0.1) is 24.3 Å². The van der Waals surface area contributed by atoms with Crippen molar-refractivity contribution >= 4 is 57.6 Å². The molecule has 256 valence electrons. The number of hydrogen-bond acceptors (Lipinski definition) is 8. The molecule has 0 saturated heterocycles. The first-order valence-electron chi connectivity index (χ1n) is 16.8. The quantitative estimate of drug-likeness (QED) is 0.0969. The fourth-order valence-corrected chi connectivity index (χ4v) is 6.30. The van der Waals surface area contributed by atoms with E-state index in [-0.39, 0.29) is 24.7 Å². The van der Waals surface area contributed by atoms with Crippen LogP contribution in [0.5, 0.6) is 11.5 Å². The van der Waals surface area contributed by atoms with Gasteiger partial charge in [0.15, 0.2) is 0 Å². The van der Waals surface area contributed by atoms with E-state index >= 15 is 0 Å². The SMILES string of the molecule is CCOC(=O)/C=C/c1ccc2c3c(ccc2c1)OC(=O)c1cccc(c1)-c1ccccc1C(=O)Oc1ccc2cc(/C=C/C(=O)OCC)ccc2c1-3. The molecule has 6 aromatic carbocycles. The van der Waals surface area contributed by atoms with E-state index in [1.807, 2.05) is 66.7 Å². The first-order valence-corrected chi connectivity index (χ1v) is 16.8. The highest BCUT2D eigenvalue weighted by atomic mass is 16.5. The maximum absolute atomic E-state index is 14.1. The van der Waals surface area contributed by atoms with Crippen molar-refractivity contribution in [3.63, 3.8) is 0 Å². The molecule has 8 nitrogen and oxygen atoms in total. The third kappa shape index (κ3) is 6.82. The highest BCUT2D eigenvalue weighted by molar-refractivity contribution is 6.12. The average molecular weight is 689 g/mol. The normalized spacial score (nSPS) is 12.6. The molecular weight excluding hydrogens is 656 g/mol. The first kappa shape index (κ1) is 33.7. The third-order valence-electron chi connectivity index (χ3n) is 8.62. The van der Waals surface area contributed by atoms with Crippen molar-refractivity contribution in [2.24, 2.45) is 0 Å². The van der Waals surface area contributed by atoms with Crippen LogP contribution in [0.1, 0.15) is 45.7 Å². The Morgan fingerprint density at radius 1 is 0.558 bits per heavy atom. The largest absolute Gasteiger partial charge is 0.463 e. The minimum atomic E-state index is -0.575. The summed E-state index contributed by atoms with van der Waals surface area (Å²) in [5.41, 5.74) is 4.45. The van der Waals surface area contributed by atoms with Crippen LogP contribution in [-0.4, -0.2) is 37.1 Å². The maximum atomic E-state index is 14.1. The predicted molar refractivity (Wildman–Crippen MR) is 200 cm³/mol. The van der Waals surface area contributed by atoms with Crippen molar-refractivity contribution in [1.29, 1.82) is 0 Å². The fraction of sp³-hybridized carbons (Fsp3) is 0.0909. The van der Waals surface area contributed by atoms with Crippen LogP contribution in [-0.2, 0) is 19.1 Å². The van der Waals surface area contributed by atoms with E-state index in [1.54, 1.807) is 68.5 Å². The van der Waals surface area contributed by atoms with Crippen molar-refractivity contribution < 1.29 is 38.1 Å². The third-order valence-corrected chi connectivity index (χ3v) is 8.62. The standard InChI is InChI=1S/C44H32O8/c1-3-49-39(45)22-14-27-12-18-34-30(24-27)16-20-37-41(34)42-35-19-13-28(15-23-40(46)50-4-2)25-31(35)17-21-38(42)52-44(48)36-11-6-5-10-33(36)29-8-7-9-32(26-29)43(47)51-37/h5-26H,3-4H2,1-2H3/b22-14+,23-15+. The van der Waals surface area contributed by atoms with Crippen molar-refractivity contribution in [1.82, 2.24) is 0 Å². The molecule has 0 amide bonds. The molecule has 0 saturated carbocycles. The summed E-state index contributed by atoms with van der Waals surface area (Å²) in [6.45, 7) is 4.02. The Morgan fingerprint density at radius 2 is 1.08 bits per heavy atom. The number of rotatable bonds is 6. The van der Waals surface area contributed by atoms with Crippen LogP contribution in [0.25, 0.3) is 56.0 Å². The molecule has 0 aromatic heterocycles. The highest BCUT2D eigenvalue weighted by Gasteiger charge is 2.25. The lowest BCUT2D eigenvalue weighted by molar-refractivity contribution is -0.138. The minimum absolute atomic E-state index is 0.254. The van der Waals surface area contributed by atoms with Crippen molar-refractivity contribution in [3.05, 3.63) is 144 Å². The zero-order chi connectivity index (χ0) is 36.2. The van der Waals surface area contributed by atoms with Gasteiger partial charge in [0.1, 0.15) is 11.5 Å². The molecule has 0 fully saturated rings. The topological polar surface area (TPSA) is 105 Å². The molecule has 0 unspecified atom stereocenters. The van der Waals surface area contributed by atoms with Gasteiger partial charge in [-0.1, -0.05) is 66.7 Å². The zero-order valence-electron chi connectivity index (χ0n) is 28.4. The van der Waals surface area contributed by atoms with E-state index in [1.165, 1.54) is 12.2 Å². The predicted octanol–water partition coefficient (Wildman–Crippen LogP) is 9.23. The highest BCUT2D eigenvalue weighted by Crippen LogP contribution is 2.46. The Bertz CT molecular complexity index is 2470. The summed E-state index contributed by atoms with van der Waals surface area (Å²) < 4.78 is 22.6. The van der Waals surface area contributed by atoms with E-state index < -0.39 is 23.9 Å². The van der Waals surface area contributed by atoms with Crippen LogP contribution in [0.4, 0.5) is 0 Å². The summed E-state index contributed by atoms with van der Waals surface area (Å²) in [7, 11) is 0. The molecule has 0 atom stereocenters. The van der Waals surface area contributed by atoms with Gasteiger partial charge in [-0.3, -0.25) is 0 Å². The smallest absolute Gasteiger partial charge is 0.344 e. The molecule has 6 aromatic rings. The minimum Gasteiger partial charge on any atom is -0.463 e. The summed E-state index contributed by atoms with van der Waals surface area (Å²) in [6.07, 6.45) is 6.07. The summed E-state index contributed by atoms with van der Waals surface area (Å²) >= 11 is 0.